The van der Waals surface area contributed by atoms with Crippen molar-refractivity contribution < 1.29 is 0 Å². The molecule has 0 bridgehead atoms. The molecule has 0 aliphatic heterocycles. The van der Waals surface area contributed by atoms with Crippen molar-refractivity contribution in [2.24, 2.45) is 0 Å². The Kier molecular flexibility index (Phi) is 2.52. The average molecular weight is 310 g/mol. The summed E-state index contributed by atoms with van der Waals surface area (Å²) in [5.41, 5.74) is 7.03. The van der Waals surface area contributed by atoms with Gasteiger partial charge in [0.15, 0.2) is 0 Å². The van der Waals surface area contributed by atoms with Crippen LogP contribution in [0.2, 0.25) is 0 Å². The number of aryl methyl sites for hydroxylation is 1. The Labute approximate surface area is 141 Å². The van der Waals surface area contributed by atoms with Crippen LogP contribution in [0.1, 0.15) is 30.7 Å². The van der Waals surface area contributed by atoms with Gasteiger partial charge in [-0.2, -0.15) is 0 Å². The lowest BCUT2D eigenvalue weighted by Gasteiger charge is -2.35. The molecule has 24 heavy (non-hydrogen) atoms. The summed E-state index contributed by atoms with van der Waals surface area (Å²) in [5.74, 6) is 0. The summed E-state index contributed by atoms with van der Waals surface area (Å²) >= 11 is 0. The third-order valence-electron chi connectivity index (χ3n) is 5.33. The lowest BCUT2D eigenvalue weighted by molar-refractivity contribution is 0.648. The first-order chi connectivity index (χ1) is 11.6. The Bertz CT molecular complexity index is 1140. The molecule has 4 aromatic rings. The minimum Gasteiger partial charge on any atom is -0.255 e. The van der Waals surface area contributed by atoms with Gasteiger partial charge >= 0.3 is 0 Å². The first kappa shape index (κ1) is 13.7. The van der Waals surface area contributed by atoms with Crippen molar-refractivity contribution in [1.82, 2.24) is 9.97 Å². The predicted octanol–water partition coefficient (Wildman–Crippen LogP) is 5.40. The lowest BCUT2D eigenvalue weighted by atomic mass is 9.68. The van der Waals surface area contributed by atoms with Crippen LogP contribution in [0, 0.1) is 6.92 Å². The SMILES string of the molecule is Cc1cc2c3c(nccc3n1)-c1ccc3ccccc3c1C2(C)C. The van der Waals surface area contributed by atoms with Crippen molar-refractivity contribution in [1.29, 1.82) is 0 Å². The summed E-state index contributed by atoms with van der Waals surface area (Å²) in [4.78, 5) is 9.48. The number of fused-ring (bicyclic) bond motifs is 4. The van der Waals surface area contributed by atoms with E-state index in [9.17, 15) is 0 Å². The minimum atomic E-state index is -0.0851. The second kappa shape index (κ2) is 4.41. The van der Waals surface area contributed by atoms with Gasteiger partial charge in [-0.05, 0) is 41.0 Å². The number of rotatable bonds is 0. The van der Waals surface area contributed by atoms with Crippen LogP contribution >= 0.6 is 0 Å². The van der Waals surface area contributed by atoms with Gasteiger partial charge in [-0.3, -0.25) is 9.97 Å². The van der Waals surface area contributed by atoms with E-state index in [0.717, 1.165) is 16.9 Å². The van der Waals surface area contributed by atoms with Gasteiger partial charge < -0.3 is 0 Å². The fraction of sp³-hybridized carbons (Fsp3) is 0.182. The highest BCUT2D eigenvalue weighted by Crippen LogP contribution is 2.49. The van der Waals surface area contributed by atoms with Gasteiger partial charge in [-0.1, -0.05) is 50.2 Å². The molecule has 0 N–H and O–H groups in total. The van der Waals surface area contributed by atoms with E-state index in [0.29, 0.717) is 0 Å². The molecule has 0 fully saturated rings. The molecule has 116 valence electrons. The van der Waals surface area contributed by atoms with E-state index in [4.69, 9.17) is 9.97 Å². The number of pyridine rings is 2. The summed E-state index contributed by atoms with van der Waals surface area (Å²) in [7, 11) is 0. The van der Waals surface area contributed by atoms with Gasteiger partial charge in [0.05, 0.1) is 11.2 Å². The van der Waals surface area contributed by atoms with Crippen molar-refractivity contribution in [3.8, 4) is 11.3 Å². The second-order valence-corrected chi connectivity index (χ2v) is 7.20. The van der Waals surface area contributed by atoms with Crippen molar-refractivity contribution in [3.05, 3.63) is 71.5 Å². The largest absolute Gasteiger partial charge is 0.255 e. The van der Waals surface area contributed by atoms with E-state index in [1.165, 1.54) is 32.8 Å². The number of nitrogens with zero attached hydrogens (tertiary/aromatic N) is 2. The summed E-state index contributed by atoms with van der Waals surface area (Å²) in [5, 5.41) is 3.81. The van der Waals surface area contributed by atoms with Crippen LogP contribution in [0.25, 0.3) is 32.9 Å². The van der Waals surface area contributed by atoms with Crippen molar-refractivity contribution in [2.75, 3.05) is 0 Å². The normalized spacial score (nSPS) is 14.8. The van der Waals surface area contributed by atoms with Crippen LogP contribution in [0.15, 0.2) is 54.7 Å². The van der Waals surface area contributed by atoms with Crippen LogP contribution in [-0.2, 0) is 5.41 Å². The van der Waals surface area contributed by atoms with Crippen molar-refractivity contribution >= 4 is 21.7 Å². The number of aromatic nitrogens is 2. The molecule has 1 aliphatic rings. The molecule has 0 spiro atoms. The zero-order valence-corrected chi connectivity index (χ0v) is 14.1. The third-order valence-corrected chi connectivity index (χ3v) is 5.33. The van der Waals surface area contributed by atoms with E-state index in [-0.39, 0.29) is 5.41 Å². The minimum absolute atomic E-state index is 0.0851. The molecular weight excluding hydrogens is 292 g/mol. The quantitative estimate of drug-likeness (QED) is 0.435. The van der Waals surface area contributed by atoms with Crippen LogP contribution in [0.3, 0.4) is 0 Å². The standard InChI is InChI=1S/C22H18N2/c1-13-12-17-19-18(24-13)10-11-23-21(19)16-9-8-14-6-4-5-7-15(14)20(16)22(17,2)3/h4-12H,1-3H3. The molecular formula is C22H18N2. The van der Waals surface area contributed by atoms with E-state index in [1.54, 1.807) is 0 Å². The van der Waals surface area contributed by atoms with Gasteiger partial charge in [0.1, 0.15) is 0 Å². The number of benzene rings is 2. The zero-order chi connectivity index (χ0) is 16.5. The van der Waals surface area contributed by atoms with Gasteiger partial charge in [-0.25, -0.2) is 0 Å². The van der Waals surface area contributed by atoms with E-state index < -0.39 is 0 Å². The van der Waals surface area contributed by atoms with Crippen molar-refractivity contribution in [2.45, 2.75) is 26.2 Å². The molecule has 1 aliphatic carbocycles. The molecule has 2 nitrogen and oxygen atoms in total. The Balaban J connectivity index is 2.06. The lowest BCUT2D eigenvalue weighted by Crippen LogP contribution is -2.25. The maximum atomic E-state index is 4.74. The molecule has 0 unspecified atom stereocenters. The Morgan fingerprint density at radius 2 is 1.79 bits per heavy atom. The molecule has 2 aromatic carbocycles. The first-order valence-electron chi connectivity index (χ1n) is 8.37. The van der Waals surface area contributed by atoms with Crippen LogP contribution in [0.4, 0.5) is 0 Å². The van der Waals surface area contributed by atoms with Crippen LogP contribution in [-0.4, -0.2) is 9.97 Å². The maximum absolute atomic E-state index is 4.74. The molecule has 2 aromatic heterocycles. The molecule has 0 saturated carbocycles. The summed E-state index contributed by atoms with van der Waals surface area (Å²) in [6, 6.07) is 17.3. The second-order valence-electron chi connectivity index (χ2n) is 7.20. The fourth-order valence-electron chi connectivity index (χ4n) is 4.29. The number of hydrogen-bond acceptors (Lipinski definition) is 2. The highest BCUT2D eigenvalue weighted by molar-refractivity contribution is 6.04. The Morgan fingerprint density at radius 1 is 0.958 bits per heavy atom. The van der Waals surface area contributed by atoms with Crippen molar-refractivity contribution in [3.63, 3.8) is 0 Å². The highest BCUT2D eigenvalue weighted by atomic mass is 14.7. The predicted molar refractivity (Wildman–Crippen MR) is 99.3 cm³/mol. The molecule has 0 radical (unpaired) electrons. The fourth-order valence-corrected chi connectivity index (χ4v) is 4.29. The van der Waals surface area contributed by atoms with E-state index in [2.05, 4.69) is 63.2 Å². The molecule has 2 heteroatoms. The molecule has 2 heterocycles. The average Bonchev–Trinajstić information content (AvgIpc) is 2.58. The third kappa shape index (κ3) is 1.60. The van der Waals surface area contributed by atoms with E-state index >= 15 is 0 Å². The van der Waals surface area contributed by atoms with Crippen LogP contribution < -0.4 is 0 Å². The monoisotopic (exact) mass is 310 g/mol. The Morgan fingerprint density at radius 3 is 2.67 bits per heavy atom. The van der Waals surface area contributed by atoms with Crippen LogP contribution in [0.5, 0.6) is 0 Å². The van der Waals surface area contributed by atoms with Gasteiger partial charge in [-0.15, -0.1) is 0 Å². The summed E-state index contributed by atoms with van der Waals surface area (Å²) < 4.78 is 0. The highest BCUT2D eigenvalue weighted by Gasteiger charge is 2.35. The van der Waals surface area contributed by atoms with E-state index in [1.807, 2.05) is 12.3 Å². The molecule has 0 amide bonds. The van der Waals surface area contributed by atoms with Gasteiger partial charge in [0.25, 0.3) is 0 Å². The van der Waals surface area contributed by atoms with Gasteiger partial charge in [0.2, 0.25) is 0 Å². The molecule has 0 atom stereocenters. The first-order valence-corrected chi connectivity index (χ1v) is 8.37. The molecule has 5 rings (SSSR count). The maximum Gasteiger partial charge on any atom is 0.0802 e. The summed E-state index contributed by atoms with van der Waals surface area (Å²) in [6.07, 6.45) is 1.88. The summed E-state index contributed by atoms with van der Waals surface area (Å²) in [6.45, 7) is 6.72. The zero-order valence-electron chi connectivity index (χ0n) is 14.1. The smallest absolute Gasteiger partial charge is 0.0802 e. The topological polar surface area (TPSA) is 25.8 Å². The molecule has 0 saturated heterocycles. The number of hydrogen-bond donors (Lipinski definition) is 0. The Hall–Kier alpha value is -2.74. The van der Waals surface area contributed by atoms with Gasteiger partial charge in [0, 0.05) is 28.3 Å².